The van der Waals surface area contributed by atoms with Gasteiger partial charge in [-0.15, -0.1) is 0 Å². The van der Waals surface area contributed by atoms with Crippen molar-refractivity contribution in [3.63, 3.8) is 0 Å². The molecule has 0 spiro atoms. The van der Waals surface area contributed by atoms with Gasteiger partial charge in [0.25, 0.3) is 0 Å². The van der Waals surface area contributed by atoms with Crippen LogP contribution < -0.4 is 5.11 Å². The molecule has 0 fully saturated rings. The van der Waals surface area contributed by atoms with Gasteiger partial charge in [-0.05, 0) is 52.0 Å². The fourth-order valence-electron chi connectivity index (χ4n) is 3.06. The summed E-state index contributed by atoms with van der Waals surface area (Å²) in [6.07, 6.45) is 0. The maximum absolute atomic E-state index is 12.5. The summed E-state index contributed by atoms with van der Waals surface area (Å²) in [7, 11) is 0. The third-order valence-electron chi connectivity index (χ3n) is 5.31. The SMILES string of the molecule is CC[N+](CC)(CC)CC.O=C([O-])c1ccccc1[S+]([O-])c1ccccc1C(=O)O. The van der Waals surface area contributed by atoms with Gasteiger partial charge in [0.15, 0.2) is 9.79 Å². The van der Waals surface area contributed by atoms with Crippen LogP contribution in [0.4, 0.5) is 0 Å². The molecule has 1 unspecified atom stereocenters. The summed E-state index contributed by atoms with van der Waals surface area (Å²) < 4.78 is 13.7. The Balaban J connectivity index is 0.000000396. The molecular weight excluding hydrogens is 390 g/mol. The molecule has 0 saturated heterocycles. The number of carbonyl (C=O) groups excluding carboxylic acids is 1. The zero-order valence-electron chi connectivity index (χ0n) is 17.4. The van der Waals surface area contributed by atoms with Crippen molar-refractivity contribution < 1.29 is 28.8 Å². The molecule has 0 radical (unpaired) electrons. The Hall–Kier alpha value is -2.35. The summed E-state index contributed by atoms with van der Waals surface area (Å²) in [5, 5.41) is 20.1. The van der Waals surface area contributed by atoms with Crippen LogP contribution in [0.15, 0.2) is 58.3 Å². The highest BCUT2D eigenvalue weighted by Crippen LogP contribution is 2.26. The number of carbonyl (C=O) groups is 2. The topological polar surface area (TPSA) is 100 Å². The van der Waals surface area contributed by atoms with Crippen LogP contribution in [0.1, 0.15) is 48.4 Å². The molecule has 2 aromatic carbocycles. The van der Waals surface area contributed by atoms with Crippen LogP contribution in [0, 0.1) is 0 Å². The molecule has 0 saturated carbocycles. The molecule has 2 aromatic rings. The van der Waals surface area contributed by atoms with Crippen molar-refractivity contribution in [3.8, 4) is 0 Å². The van der Waals surface area contributed by atoms with Gasteiger partial charge in [0.1, 0.15) is 5.56 Å². The summed E-state index contributed by atoms with van der Waals surface area (Å²) in [5.74, 6) is -2.68. The first-order valence-electron chi connectivity index (χ1n) is 9.66. The van der Waals surface area contributed by atoms with E-state index in [9.17, 15) is 19.2 Å². The molecule has 0 bridgehead atoms. The Morgan fingerprint density at radius 2 is 1.21 bits per heavy atom. The van der Waals surface area contributed by atoms with E-state index in [0.717, 1.165) is 0 Å². The summed E-state index contributed by atoms with van der Waals surface area (Å²) in [6, 6.07) is 11.4. The van der Waals surface area contributed by atoms with Gasteiger partial charge in [-0.2, -0.15) is 0 Å². The van der Waals surface area contributed by atoms with Gasteiger partial charge in [-0.25, -0.2) is 4.79 Å². The molecule has 0 amide bonds. The number of carboxylic acid groups (broad SMARTS) is 2. The van der Waals surface area contributed by atoms with E-state index in [1.165, 1.54) is 73.1 Å². The number of hydrogen-bond donors (Lipinski definition) is 1. The van der Waals surface area contributed by atoms with Gasteiger partial charge >= 0.3 is 5.97 Å². The number of quaternary nitrogens is 1. The lowest BCUT2D eigenvalue weighted by molar-refractivity contribution is -0.921. The Morgan fingerprint density at radius 1 is 0.828 bits per heavy atom. The molecule has 7 heteroatoms. The molecule has 1 atom stereocenters. The van der Waals surface area contributed by atoms with E-state index in [0.29, 0.717) is 0 Å². The smallest absolute Gasteiger partial charge is 0.340 e. The lowest BCUT2D eigenvalue weighted by atomic mass is 10.2. The van der Waals surface area contributed by atoms with Crippen LogP contribution in [0.25, 0.3) is 0 Å². The van der Waals surface area contributed by atoms with Crippen LogP contribution in [-0.4, -0.2) is 52.3 Å². The quantitative estimate of drug-likeness (QED) is 0.524. The number of benzene rings is 2. The number of aromatic carboxylic acids is 2. The molecule has 158 valence electrons. The summed E-state index contributed by atoms with van der Waals surface area (Å²) in [6.45, 7) is 14.2. The molecule has 6 nitrogen and oxygen atoms in total. The van der Waals surface area contributed by atoms with Gasteiger partial charge < -0.3 is 24.0 Å². The summed E-state index contributed by atoms with van der Waals surface area (Å²) >= 11 is -1.91. The van der Waals surface area contributed by atoms with E-state index in [2.05, 4.69) is 27.7 Å². The molecule has 0 aromatic heterocycles. The molecular formula is C22H29NO5S. The number of rotatable bonds is 8. The third kappa shape index (κ3) is 6.32. The van der Waals surface area contributed by atoms with Gasteiger partial charge in [-0.1, -0.05) is 24.3 Å². The van der Waals surface area contributed by atoms with Gasteiger partial charge in [0.05, 0.1) is 37.7 Å². The summed E-state index contributed by atoms with van der Waals surface area (Å²) in [4.78, 5) is 22.2. The van der Waals surface area contributed by atoms with Crippen LogP contribution in [-0.2, 0) is 11.2 Å². The molecule has 2 rings (SSSR count). The van der Waals surface area contributed by atoms with Crippen molar-refractivity contribution in [1.29, 1.82) is 0 Å². The van der Waals surface area contributed by atoms with Crippen LogP contribution in [0.3, 0.4) is 0 Å². The average molecular weight is 420 g/mol. The van der Waals surface area contributed by atoms with Crippen molar-refractivity contribution in [3.05, 3.63) is 59.7 Å². The summed E-state index contributed by atoms with van der Waals surface area (Å²) in [5.41, 5.74) is -0.343. The Morgan fingerprint density at radius 3 is 1.55 bits per heavy atom. The fraction of sp³-hybridized carbons (Fsp3) is 0.364. The van der Waals surface area contributed by atoms with Crippen LogP contribution in [0.2, 0.25) is 0 Å². The maximum Gasteiger partial charge on any atom is 0.340 e. The minimum absolute atomic E-state index is 0.0150. The first-order valence-corrected chi connectivity index (χ1v) is 10.8. The van der Waals surface area contributed by atoms with E-state index >= 15 is 0 Å². The Labute approximate surface area is 175 Å². The zero-order valence-corrected chi connectivity index (χ0v) is 18.2. The standard InChI is InChI=1S/C14H10O5S.C8H20N/c15-13(16)9-5-1-3-7-11(9)20(19)12-8-4-2-6-10(12)14(17)18;1-5-9(6-2,7-3)8-4/h1-8H,(H,15,16)(H,17,18);5-8H2,1-4H3/q;+1/p-1. The monoisotopic (exact) mass is 419 g/mol. The van der Waals surface area contributed by atoms with Crippen LogP contribution >= 0.6 is 0 Å². The third-order valence-corrected chi connectivity index (χ3v) is 6.82. The lowest BCUT2D eigenvalue weighted by Gasteiger charge is -2.34. The van der Waals surface area contributed by atoms with E-state index in [1.807, 2.05) is 0 Å². The molecule has 0 heterocycles. The second-order valence-corrected chi connectivity index (χ2v) is 7.88. The van der Waals surface area contributed by atoms with E-state index in [1.54, 1.807) is 6.07 Å². The molecule has 0 aliphatic carbocycles. The maximum atomic E-state index is 12.5. The van der Waals surface area contributed by atoms with Crippen molar-refractivity contribution >= 4 is 23.1 Å². The minimum Gasteiger partial charge on any atom is -0.606 e. The molecule has 0 aliphatic rings. The molecule has 29 heavy (non-hydrogen) atoms. The average Bonchev–Trinajstić information content (AvgIpc) is 2.75. The van der Waals surface area contributed by atoms with Crippen molar-refractivity contribution in [1.82, 2.24) is 0 Å². The van der Waals surface area contributed by atoms with Gasteiger partial charge in [0.2, 0.25) is 0 Å². The normalized spacial score (nSPS) is 11.9. The second-order valence-electron chi connectivity index (χ2n) is 6.46. The highest BCUT2D eigenvalue weighted by molar-refractivity contribution is 7.91. The van der Waals surface area contributed by atoms with E-state index in [-0.39, 0.29) is 20.9 Å². The second kappa shape index (κ2) is 11.6. The predicted octanol–water partition coefficient (Wildman–Crippen LogP) is 2.80. The van der Waals surface area contributed by atoms with Crippen molar-refractivity contribution in [2.24, 2.45) is 0 Å². The van der Waals surface area contributed by atoms with E-state index in [4.69, 9.17) is 5.11 Å². The highest BCUT2D eigenvalue weighted by atomic mass is 32.2. The fourth-order valence-corrected chi connectivity index (χ4v) is 4.41. The minimum atomic E-state index is -1.91. The van der Waals surface area contributed by atoms with E-state index < -0.39 is 23.1 Å². The molecule has 1 N–H and O–H groups in total. The lowest BCUT2D eigenvalue weighted by Crippen LogP contribution is -2.47. The first kappa shape index (κ1) is 24.7. The van der Waals surface area contributed by atoms with Gasteiger partial charge in [-0.3, -0.25) is 0 Å². The number of hydrogen-bond acceptors (Lipinski definition) is 4. The van der Waals surface area contributed by atoms with Crippen molar-refractivity contribution in [2.45, 2.75) is 37.5 Å². The zero-order chi connectivity index (χ0) is 22.0. The highest BCUT2D eigenvalue weighted by Gasteiger charge is 2.25. The predicted molar refractivity (Wildman–Crippen MR) is 111 cm³/mol. The van der Waals surface area contributed by atoms with Crippen LogP contribution in [0.5, 0.6) is 0 Å². The number of carboxylic acids is 2. The number of nitrogens with zero attached hydrogens (tertiary/aromatic N) is 1. The van der Waals surface area contributed by atoms with Crippen molar-refractivity contribution in [2.75, 3.05) is 26.2 Å². The Bertz CT molecular complexity index is 745. The Kier molecular flexibility index (Phi) is 9.88. The largest absolute Gasteiger partial charge is 0.606 e. The first-order chi connectivity index (χ1) is 13.8. The molecule has 0 aliphatic heterocycles. The van der Waals surface area contributed by atoms with Gasteiger partial charge in [0, 0.05) is 11.2 Å².